The van der Waals surface area contributed by atoms with Crippen LogP contribution in [0.1, 0.15) is 30.6 Å². The maximum absolute atomic E-state index is 12.7. The van der Waals surface area contributed by atoms with E-state index in [-0.39, 0.29) is 12.0 Å². The molecule has 22 heavy (non-hydrogen) atoms. The predicted molar refractivity (Wildman–Crippen MR) is 77.1 cm³/mol. The third-order valence-electron chi connectivity index (χ3n) is 3.99. The molecule has 1 aliphatic carbocycles. The predicted octanol–water partition coefficient (Wildman–Crippen LogP) is 4.30. The molecule has 116 valence electrons. The second kappa shape index (κ2) is 5.59. The van der Waals surface area contributed by atoms with Gasteiger partial charge < -0.3 is 5.32 Å². The van der Waals surface area contributed by atoms with Crippen molar-refractivity contribution in [2.75, 3.05) is 5.32 Å². The molecule has 1 fully saturated rings. The van der Waals surface area contributed by atoms with Gasteiger partial charge in [-0.3, -0.25) is 0 Å². The molecule has 1 aromatic carbocycles. The van der Waals surface area contributed by atoms with Crippen LogP contribution in [-0.2, 0) is 6.18 Å². The van der Waals surface area contributed by atoms with Crippen molar-refractivity contribution in [3.63, 3.8) is 0 Å². The Kier molecular flexibility index (Phi) is 3.76. The average Bonchev–Trinajstić information content (AvgIpc) is 3.22. The maximum Gasteiger partial charge on any atom is 0.433 e. The van der Waals surface area contributed by atoms with Crippen LogP contribution in [0, 0.1) is 11.8 Å². The lowest BCUT2D eigenvalue weighted by Crippen LogP contribution is -2.17. The van der Waals surface area contributed by atoms with Gasteiger partial charge in [0.2, 0.25) is 5.95 Å². The minimum atomic E-state index is -4.46. The first kappa shape index (κ1) is 14.8. The molecule has 0 amide bonds. The molecule has 0 aliphatic heterocycles. The van der Waals surface area contributed by atoms with E-state index in [1.807, 2.05) is 30.3 Å². The Labute approximate surface area is 126 Å². The van der Waals surface area contributed by atoms with Gasteiger partial charge in [-0.05, 0) is 29.9 Å². The molecular weight excluding hydrogens is 291 g/mol. The van der Waals surface area contributed by atoms with E-state index in [4.69, 9.17) is 0 Å². The molecule has 3 atom stereocenters. The summed E-state index contributed by atoms with van der Waals surface area (Å²) in [4.78, 5) is 7.53. The quantitative estimate of drug-likeness (QED) is 0.915. The molecule has 1 aromatic heterocycles. The molecule has 1 heterocycles. The fraction of sp³-hybridized carbons (Fsp3) is 0.375. The number of nitrogens with one attached hydrogen (secondary N) is 1. The zero-order valence-corrected chi connectivity index (χ0v) is 12.0. The molecule has 0 spiro atoms. The second-order valence-corrected chi connectivity index (χ2v) is 5.67. The number of anilines is 1. The number of alkyl halides is 3. The van der Waals surface area contributed by atoms with Crippen molar-refractivity contribution < 1.29 is 13.2 Å². The molecule has 0 bridgehead atoms. The summed E-state index contributed by atoms with van der Waals surface area (Å²) in [6, 6.07) is 10.5. The minimum absolute atomic E-state index is 0.0165. The SMILES string of the molecule is CC1CC1C(Nc1nccc(C(F)(F)F)n1)c1ccccc1. The van der Waals surface area contributed by atoms with Crippen molar-refractivity contribution in [2.24, 2.45) is 11.8 Å². The van der Waals surface area contributed by atoms with Crippen LogP contribution in [0.25, 0.3) is 0 Å². The normalized spacial score (nSPS) is 22.2. The van der Waals surface area contributed by atoms with Crippen molar-refractivity contribution in [3.05, 3.63) is 53.9 Å². The molecule has 6 heteroatoms. The smallest absolute Gasteiger partial charge is 0.347 e. The van der Waals surface area contributed by atoms with E-state index in [9.17, 15) is 13.2 Å². The standard InChI is InChI=1S/C16H16F3N3/c1-10-9-12(10)14(11-5-3-2-4-6-11)22-15-20-8-7-13(21-15)16(17,18)19/h2-8,10,12,14H,9H2,1H3,(H,20,21,22). The number of halogens is 3. The summed E-state index contributed by atoms with van der Waals surface area (Å²) in [5.74, 6) is 0.951. The molecular formula is C16H16F3N3. The fourth-order valence-electron chi connectivity index (χ4n) is 2.64. The Morgan fingerprint density at radius 3 is 2.45 bits per heavy atom. The monoisotopic (exact) mass is 307 g/mol. The molecule has 3 nitrogen and oxygen atoms in total. The summed E-state index contributed by atoms with van der Waals surface area (Å²) in [6.07, 6.45) is -2.28. The zero-order chi connectivity index (χ0) is 15.7. The summed E-state index contributed by atoms with van der Waals surface area (Å²) >= 11 is 0. The third kappa shape index (κ3) is 3.21. The molecule has 1 N–H and O–H groups in total. The lowest BCUT2D eigenvalue weighted by atomic mass is 10.0. The zero-order valence-electron chi connectivity index (χ0n) is 12.0. The van der Waals surface area contributed by atoms with Gasteiger partial charge in [0.25, 0.3) is 0 Å². The third-order valence-corrected chi connectivity index (χ3v) is 3.99. The first-order valence-corrected chi connectivity index (χ1v) is 7.17. The van der Waals surface area contributed by atoms with Crippen LogP contribution in [-0.4, -0.2) is 9.97 Å². The minimum Gasteiger partial charge on any atom is -0.347 e. The van der Waals surface area contributed by atoms with E-state index in [1.165, 1.54) is 0 Å². The Morgan fingerprint density at radius 1 is 1.18 bits per heavy atom. The Balaban J connectivity index is 1.85. The van der Waals surface area contributed by atoms with Crippen LogP contribution in [0.3, 0.4) is 0 Å². The van der Waals surface area contributed by atoms with Gasteiger partial charge in [-0.25, -0.2) is 9.97 Å². The lowest BCUT2D eigenvalue weighted by Gasteiger charge is -2.19. The Morgan fingerprint density at radius 2 is 1.86 bits per heavy atom. The van der Waals surface area contributed by atoms with E-state index < -0.39 is 11.9 Å². The fourth-order valence-corrected chi connectivity index (χ4v) is 2.64. The number of hydrogen-bond donors (Lipinski definition) is 1. The molecule has 0 radical (unpaired) electrons. The highest BCUT2D eigenvalue weighted by Crippen LogP contribution is 2.48. The molecule has 1 saturated carbocycles. The lowest BCUT2D eigenvalue weighted by molar-refractivity contribution is -0.141. The van der Waals surface area contributed by atoms with Gasteiger partial charge in [-0.2, -0.15) is 13.2 Å². The highest BCUT2D eigenvalue weighted by Gasteiger charge is 2.41. The number of nitrogens with zero attached hydrogens (tertiary/aromatic N) is 2. The maximum atomic E-state index is 12.7. The van der Waals surface area contributed by atoms with Gasteiger partial charge in [-0.15, -0.1) is 0 Å². The largest absolute Gasteiger partial charge is 0.433 e. The molecule has 0 saturated heterocycles. The van der Waals surface area contributed by atoms with E-state index >= 15 is 0 Å². The van der Waals surface area contributed by atoms with E-state index in [0.717, 1.165) is 24.2 Å². The van der Waals surface area contributed by atoms with Gasteiger partial charge >= 0.3 is 6.18 Å². The summed E-state index contributed by atoms with van der Waals surface area (Å²) < 4.78 is 38.2. The number of rotatable bonds is 4. The average molecular weight is 307 g/mol. The highest BCUT2D eigenvalue weighted by atomic mass is 19.4. The van der Waals surface area contributed by atoms with Crippen LogP contribution >= 0.6 is 0 Å². The molecule has 1 aliphatic rings. The Hall–Kier alpha value is -2.11. The van der Waals surface area contributed by atoms with Gasteiger partial charge in [-0.1, -0.05) is 37.3 Å². The number of benzene rings is 1. The highest BCUT2D eigenvalue weighted by molar-refractivity contribution is 5.34. The number of hydrogen-bond acceptors (Lipinski definition) is 3. The van der Waals surface area contributed by atoms with Crippen LogP contribution in [0.5, 0.6) is 0 Å². The topological polar surface area (TPSA) is 37.8 Å². The van der Waals surface area contributed by atoms with Crippen LogP contribution < -0.4 is 5.32 Å². The first-order valence-electron chi connectivity index (χ1n) is 7.17. The van der Waals surface area contributed by atoms with Crippen molar-refractivity contribution in [3.8, 4) is 0 Å². The van der Waals surface area contributed by atoms with Gasteiger partial charge in [0.05, 0.1) is 6.04 Å². The van der Waals surface area contributed by atoms with Gasteiger partial charge in [0, 0.05) is 6.20 Å². The number of aromatic nitrogens is 2. The second-order valence-electron chi connectivity index (χ2n) is 5.67. The first-order chi connectivity index (χ1) is 10.4. The van der Waals surface area contributed by atoms with E-state index in [0.29, 0.717) is 11.8 Å². The van der Waals surface area contributed by atoms with Gasteiger partial charge in [0.1, 0.15) is 5.69 Å². The van der Waals surface area contributed by atoms with Gasteiger partial charge in [0.15, 0.2) is 0 Å². The molecule has 2 aromatic rings. The van der Waals surface area contributed by atoms with Crippen LogP contribution in [0.4, 0.5) is 19.1 Å². The molecule has 3 unspecified atom stereocenters. The molecule has 3 rings (SSSR count). The van der Waals surface area contributed by atoms with Crippen molar-refractivity contribution in [1.82, 2.24) is 9.97 Å². The summed E-state index contributed by atoms with van der Waals surface area (Å²) in [5, 5.41) is 3.08. The van der Waals surface area contributed by atoms with Crippen molar-refractivity contribution in [2.45, 2.75) is 25.6 Å². The Bertz CT molecular complexity index is 643. The van der Waals surface area contributed by atoms with Crippen LogP contribution in [0.15, 0.2) is 42.6 Å². The van der Waals surface area contributed by atoms with Crippen molar-refractivity contribution in [1.29, 1.82) is 0 Å². The van der Waals surface area contributed by atoms with Crippen molar-refractivity contribution >= 4 is 5.95 Å². The van der Waals surface area contributed by atoms with Crippen LogP contribution in [0.2, 0.25) is 0 Å². The summed E-state index contributed by atoms with van der Waals surface area (Å²) in [5.41, 5.74) is 0.110. The van der Waals surface area contributed by atoms with E-state index in [1.54, 1.807) is 0 Å². The summed E-state index contributed by atoms with van der Waals surface area (Å²) in [7, 11) is 0. The summed E-state index contributed by atoms with van der Waals surface area (Å²) in [6.45, 7) is 2.13. The van der Waals surface area contributed by atoms with E-state index in [2.05, 4.69) is 22.2 Å².